The zero-order chi connectivity index (χ0) is 11.6. The van der Waals surface area contributed by atoms with Gasteiger partial charge in [-0.25, -0.2) is 4.98 Å². The smallest absolute Gasteiger partial charge is 0.142 e. The van der Waals surface area contributed by atoms with Gasteiger partial charge >= 0.3 is 0 Å². The fourth-order valence-electron chi connectivity index (χ4n) is 2.35. The van der Waals surface area contributed by atoms with Crippen molar-refractivity contribution in [2.75, 3.05) is 5.32 Å². The Morgan fingerprint density at radius 1 is 1.50 bits per heavy atom. The van der Waals surface area contributed by atoms with E-state index in [1.165, 1.54) is 19.3 Å². The van der Waals surface area contributed by atoms with Crippen LogP contribution >= 0.6 is 0 Å². The van der Waals surface area contributed by atoms with Gasteiger partial charge in [0.2, 0.25) is 0 Å². The van der Waals surface area contributed by atoms with Gasteiger partial charge < -0.3 is 5.32 Å². The highest BCUT2D eigenvalue weighted by molar-refractivity contribution is 5.39. The van der Waals surface area contributed by atoms with Crippen LogP contribution in [0.5, 0.6) is 0 Å². The molecule has 0 amide bonds. The number of hydrogen-bond acceptors (Lipinski definition) is 3. The molecule has 16 heavy (non-hydrogen) atoms. The lowest BCUT2D eigenvalue weighted by Gasteiger charge is -2.18. The molecule has 1 saturated carbocycles. The largest absolute Gasteiger partial charge is 0.367 e. The maximum absolute atomic E-state index is 8.77. The molecule has 0 spiro atoms. The lowest BCUT2D eigenvalue weighted by molar-refractivity contribution is 0.378. The Balaban J connectivity index is 2.02. The second kappa shape index (κ2) is 4.13. The van der Waals surface area contributed by atoms with Crippen molar-refractivity contribution in [1.82, 2.24) is 4.98 Å². The Hall–Kier alpha value is -1.56. The normalized spacial score (nSPS) is 22.7. The van der Waals surface area contributed by atoms with Gasteiger partial charge in [-0.2, -0.15) is 5.26 Å². The zero-order valence-corrected chi connectivity index (χ0v) is 9.83. The Bertz CT molecular complexity index is 417. The first-order valence-corrected chi connectivity index (χ1v) is 5.73. The first-order chi connectivity index (χ1) is 7.59. The maximum Gasteiger partial charge on any atom is 0.142 e. The lowest BCUT2D eigenvalue weighted by Crippen LogP contribution is -2.18. The number of nitrogens with one attached hydrogen (secondary N) is 1. The molecule has 1 unspecified atom stereocenters. The molecule has 3 heteroatoms. The third-order valence-electron chi connectivity index (χ3n) is 3.18. The SMILES string of the molecule is CC1(C)CCC(Nc2cccc(C#N)n2)C1. The summed E-state index contributed by atoms with van der Waals surface area (Å²) >= 11 is 0. The molecule has 0 radical (unpaired) electrons. The van der Waals surface area contributed by atoms with Crippen LogP contribution in [0.25, 0.3) is 0 Å². The Morgan fingerprint density at radius 3 is 2.94 bits per heavy atom. The van der Waals surface area contributed by atoms with Crippen LogP contribution in [0.3, 0.4) is 0 Å². The standard InChI is InChI=1S/C13H17N3/c1-13(2)7-6-10(8-13)15-12-5-3-4-11(9-14)16-12/h3-5,10H,6-8H2,1-2H3,(H,15,16). The molecule has 0 aromatic carbocycles. The summed E-state index contributed by atoms with van der Waals surface area (Å²) in [4.78, 5) is 4.23. The van der Waals surface area contributed by atoms with E-state index in [4.69, 9.17) is 5.26 Å². The Kier molecular flexibility index (Phi) is 2.82. The molecular formula is C13H17N3. The molecule has 84 valence electrons. The van der Waals surface area contributed by atoms with Gasteiger partial charge in [-0.15, -0.1) is 0 Å². The highest BCUT2D eigenvalue weighted by atomic mass is 15.0. The molecule has 1 aliphatic carbocycles. The predicted octanol–water partition coefficient (Wildman–Crippen LogP) is 2.94. The molecule has 1 aromatic heterocycles. The summed E-state index contributed by atoms with van der Waals surface area (Å²) in [5, 5.41) is 12.2. The molecule has 0 bridgehead atoms. The van der Waals surface area contributed by atoms with Crippen molar-refractivity contribution in [3.8, 4) is 6.07 Å². The van der Waals surface area contributed by atoms with E-state index >= 15 is 0 Å². The van der Waals surface area contributed by atoms with E-state index in [9.17, 15) is 0 Å². The molecule has 0 saturated heterocycles. The highest BCUT2D eigenvalue weighted by Crippen LogP contribution is 2.38. The van der Waals surface area contributed by atoms with Crippen molar-refractivity contribution in [3.63, 3.8) is 0 Å². The van der Waals surface area contributed by atoms with E-state index in [2.05, 4.69) is 30.2 Å². The van der Waals surface area contributed by atoms with Gasteiger partial charge in [0.25, 0.3) is 0 Å². The van der Waals surface area contributed by atoms with Crippen LogP contribution in [-0.4, -0.2) is 11.0 Å². The van der Waals surface area contributed by atoms with Crippen molar-refractivity contribution in [3.05, 3.63) is 23.9 Å². The van der Waals surface area contributed by atoms with Crippen molar-refractivity contribution in [2.24, 2.45) is 5.41 Å². The van der Waals surface area contributed by atoms with Crippen LogP contribution in [0, 0.1) is 16.7 Å². The molecule has 1 atom stereocenters. The maximum atomic E-state index is 8.77. The second-order valence-corrected chi connectivity index (χ2v) is 5.27. The van der Waals surface area contributed by atoms with Gasteiger partial charge in [0.1, 0.15) is 17.6 Å². The topological polar surface area (TPSA) is 48.7 Å². The van der Waals surface area contributed by atoms with Crippen molar-refractivity contribution in [1.29, 1.82) is 5.26 Å². The summed E-state index contributed by atoms with van der Waals surface area (Å²) in [5.74, 6) is 0.821. The van der Waals surface area contributed by atoms with Crippen LogP contribution in [0.2, 0.25) is 0 Å². The summed E-state index contributed by atoms with van der Waals surface area (Å²) in [6.07, 6.45) is 3.61. The molecule has 2 rings (SSSR count). The average Bonchev–Trinajstić information content (AvgIpc) is 2.58. The third-order valence-corrected chi connectivity index (χ3v) is 3.18. The second-order valence-electron chi connectivity index (χ2n) is 5.27. The quantitative estimate of drug-likeness (QED) is 0.825. The fourth-order valence-corrected chi connectivity index (χ4v) is 2.35. The number of rotatable bonds is 2. The van der Waals surface area contributed by atoms with E-state index < -0.39 is 0 Å². The lowest BCUT2D eigenvalue weighted by atomic mass is 9.92. The number of nitriles is 1. The number of hydrogen-bond donors (Lipinski definition) is 1. The van der Waals surface area contributed by atoms with E-state index in [1.54, 1.807) is 6.07 Å². The molecular weight excluding hydrogens is 198 g/mol. The summed E-state index contributed by atoms with van der Waals surface area (Å²) in [6.45, 7) is 4.60. The molecule has 3 nitrogen and oxygen atoms in total. The zero-order valence-electron chi connectivity index (χ0n) is 9.83. The van der Waals surface area contributed by atoms with Crippen LogP contribution in [0.4, 0.5) is 5.82 Å². The predicted molar refractivity (Wildman–Crippen MR) is 64.0 cm³/mol. The van der Waals surface area contributed by atoms with E-state index in [-0.39, 0.29) is 0 Å². The van der Waals surface area contributed by atoms with Crippen molar-refractivity contribution >= 4 is 5.82 Å². The van der Waals surface area contributed by atoms with Crippen LogP contribution in [0.15, 0.2) is 18.2 Å². The molecule has 1 aromatic rings. The van der Waals surface area contributed by atoms with E-state index in [1.807, 2.05) is 12.1 Å². The van der Waals surface area contributed by atoms with Crippen molar-refractivity contribution < 1.29 is 0 Å². The molecule has 1 fully saturated rings. The number of aromatic nitrogens is 1. The van der Waals surface area contributed by atoms with Crippen LogP contribution in [-0.2, 0) is 0 Å². The molecule has 1 aliphatic rings. The number of anilines is 1. The Labute approximate surface area is 96.5 Å². The molecule has 1 N–H and O–H groups in total. The van der Waals surface area contributed by atoms with Crippen molar-refractivity contribution in [2.45, 2.75) is 39.2 Å². The first-order valence-electron chi connectivity index (χ1n) is 5.73. The van der Waals surface area contributed by atoms with E-state index in [0.29, 0.717) is 17.2 Å². The minimum atomic E-state index is 0.435. The van der Waals surface area contributed by atoms with E-state index in [0.717, 1.165) is 5.82 Å². The molecule has 1 heterocycles. The van der Waals surface area contributed by atoms with Gasteiger partial charge in [-0.3, -0.25) is 0 Å². The van der Waals surface area contributed by atoms with Crippen LogP contribution in [0.1, 0.15) is 38.8 Å². The monoisotopic (exact) mass is 215 g/mol. The average molecular weight is 215 g/mol. The third kappa shape index (κ3) is 2.52. The summed E-state index contributed by atoms with van der Waals surface area (Å²) in [6, 6.07) is 8.07. The van der Waals surface area contributed by atoms with Crippen LogP contribution < -0.4 is 5.32 Å². The minimum Gasteiger partial charge on any atom is -0.367 e. The fraction of sp³-hybridized carbons (Fsp3) is 0.538. The summed E-state index contributed by atoms with van der Waals surface area (Å²) < 4.78 is 0. The van der Waals surface area contributed by atoms with Gasteiger partial charge in [0, 0.05) is 6.04 Å². The van der Waals surface area contributed by atoms with Gasteiger partial charge in [0.15, 0.2) is 0 Å². The summed E-state index contributed by atoms with van der Waals surface area (Å²) in [7, 11) is 0. The minimum absolute atomic E-state index is 0.435. The van der Waals surface area contributed by atoms with Gasteiger partial charge in [-0.1, -0.05) is 19.9 Å². The first kappa shape index (κ1) is 10.9. The van der Waals surface area contributed by atoms with Gasteiger partial charge in [-0.05, 0) is 36.8 Å². The van der Waals surface area contributed by atoms with Gasteiger partial charge in [0.05, 0.1) is 0 Å². The number of pyridine rings is 1. The number of nitrogens with zero attached hydrogens (tertiary/aromatic N) is 2. The highest BCUT2D eigenvalue weighted by Gasteiger charge is 2.30. The summed E-state index contributed by atoms with van der Waals surface area (Å²) in [5.41, 5.74) is 0.909. The molecule has 0 aliphatic heterocycles. The Morgan fingerprint density at radius 2 is 2.31 bits per heavy atom.